The van der Waals surface area contributed by atoms with Gasteiger partial charge in [0.1, 0.15) is 6.33 Å². The maximum Gasteiger partial charge on any atom is 0.255 e. The molecule has 0 saturated carbocycles. The Balaban J connectivity index is 1.62. The van der Waals surface area contributed by atoms with E-state index in [1.165, 1.54) is 23.6 Å². The first-order valence-electron chi connectivity index (χ1n) is 9.89. The van der Waals surface area contributed by atoms with Crippen molar-refractivity contribution < 1.29 is 0 Å². The fourth-order valence-electron chi connectivity index (χ4n) is 3.86. The van der Waals surface area contributed by atoms with Crippen LogP contribution in [0.25, 0.3) is 11.4 Å². The molecule has 0 amide bonds. The molecule has 29 heavy (non-hydrogen) atoms. The Hall–Kier alpha value is -3.22. The van der Waals surface area contributed by atoms with Crippen LogP contribution in [0.2, 0.25) is 0 Å². The Morgan fingerprint density at radius 1 is 1.10 bits per heavy atom. The van der Waals surface area contributed by atoms with Crippen molar-refractivity contribution in [1.29, 1.82) is 0 Å². The fourth-order valence-corrected chi connectivity index (χ4v) is 3.86. The van der Waals surface area contributed by atoms with Gasteiger partial charge in [0.05, 0.1) is 11.4 Å². The van der Waals surface area contributed by atoms with Gasteiger partial charge in [-0.25, -0.2) is 15.0 Å². The van der Waals surface area contributed by atoms with Crippen molar-refractivity contribution in [2.75, 3.05) is 37.0 Å². The highest BCUT2D eigenvalue weighted by atomic mass is 16.1. The second-order valence-corrected chi connectivity index (χ2v) is 7.70. The predicted molar refractivity (Wildman–Crippen MR) is 115 cm³/mol. The lowest BCUT2D eigenvalue weighted by Gasteiger charge is -2.34. The van der Waals surface area contributed by atoms with E-state index in [2.05, 4.69) is 44.0 Å². The largest absolute Gasteiger partial charge is 0.378 e. The molecule has 3 aromatic rings. The smallest absolute Gasteiger partial charge is 0.255 e. The molecule has 150 valence electrons. The first-order chi connectivity index (χ1) is 14.0. The molecule has 1 atom stereocenters. The van der Waals surface area contributed by atoms with E-state index >= 15 is 0 Å². The fraction of sp³-hybridized carbons (Fsp3) is 0.364. The second-order valence-electron chi connectivity index (χ2n) is 7.70. The van der Waals surface area contributed by atoms with Crippen molar-refractivity contribution >= 4 is 11.6 Å². The molecule has 0 bridgehead atoms. The van der Waals surface area contributed by atoms with Crippen LogP contribution in [0.4, 0.5) is 11.6 Å². The van der Waals surface area contributed by atoms with Gasteiger partial charge in [-0.05, 0) is 36.6 Å². The summed E-state index contributed by atoms with van der Waals surface area (Å²) in [6, 6.07) is 12.1. The summed E-state index contributed by atoms with van der Waals surface area (Å²) in [5.74, 6) is 1.11. The van der Waals surface area contributed by atoms with Crippen molar-refractivity contribution in [1.82, 2.24) is 19.5 Å². The number of hydrogen-bond acceptors (Lipinski definition) is 6. The van der Waals surface area contributed by atoms with Crippen LogP contribution < -0.4 is 15.4 Å². The molecule has 1 unspecified atom stereocenters. The molecule has 1 aliphatic heterocycles. The number of nitrogens with zero attached hydrogens (tertiary/aromatic N) is 6. The molecular weight excluding hydrogens is 364 g/mol. The highest BCUT2D eigenvalue weighted by Gasteiger charge is 2.24. The molecule has 0 N–H and O–H groups in total. The average molecular weight is 390 g/mol. The first-order valence-corrected chi connectivity index (χ1v) is 9.89. The van der Waals surface area contributed by atoms with Gasteiger partial charge in [0.25, 0.3) is 5.56 Å². The van der Waals surface area contributed by atoms with Gasteiger partial charge in [-0.3, -0.25) is 9.36 Å². The molecule has 0 aliphatic carbocycles. The van der Waals surface area contributed by atoms with Gasteiger partial charge in [0, 0.05) is 58.1 Å². The maximum atomic E-state index is 12.6. The van der Waals surface area contributed by atoms with Gasteiger partial charge in [-0.2, -0.15) is 0 Å². The summed E-state index contributed by atoms with van der Waals surface area (Å²) in [6.45, 7) is 1.73. The molecule has 1 fully saturated rings. The van der Waals surface area contributed by atoms with Crippen LogP contribution in [-0.4, -0.2) is 46.7 Å². The lowest BCUT2D eigenvalue weighted by molar-refractivity contribution is 0.497. The molecular formula is C22H26N6O. The van der Waals surface area contributed by atoms with E-state index < -0.39 is 0 Å². The minimum atomic E-state index is -0.0823. The summed E-state index contributed by atoms with van der Waals surface area (Å²) in [5.41, 5.74) is 3.69. The zero-order valence-electron chi connectivity index (χ0n) is 17.1. The van der Waals surface area contributed by atoms with E-state index in [1.54, 1.807) is 23.9 Å². The van der Waals surface area contributed by atoms with Crippen LogP contribution >= 0.6 is 0 Å². The minimum absolute atomic E-state index is 0.0823. The third-order valence-corrected chi connectivity index (χ3v) is 5.54. The van der Waals surface area contributed by atoms with Gasteiger partial charge in [0.15, 0.2) is 0 Å². The van der Waals surface area contributed by atoms with E-state index in [9.17, 15) is 4.79 Å². The van der Waals surface area contributed by atoms with E-state index in [4.69, 9.17) is 4.98 Å². The molecule has 1 aromatic carbocycles. The minimum Gasteiger partial charge on any atom is -0.378 e. The van der Waals surface area contributed by atoms with Gasteiger partial charge >= 0.3 is 0 Å². The molecule has 2 aromatic heterocycles. The standard InChI is InChI=1S/C22H26N6O/c1-26(2)18-8-6-16(7-9-18)17-5-4-12-28(14-17)22-25-20(13-21(29)27(22)3)19-10-11-23-15-24-19/h6-11,13,15,17H,4-5,12,14H2,1-3H3. The van der Waals surface area contributed by atoms with E-state index in [0.29, 0.717) is 23.3 Å². The summed E-state index contributed by atoms with van der Waals surface area (Å²) in [4.78, 5) is 29.9. The number of anilines is 2. The second kappa shape index (κ2) is 8.03. The summed E-state index contributed by atoms with van der Waals surface area (Å²) in [5, 5.41) is 0. The van der Waals surface area contributed by atoms with E-state index in [-0.39, 0.29) is 5.56 Å². The highest BCUT2D eigenvalue weighted by molar-refractivity contribution is 5.55. The first kappa shape index (κ1) is 19.1. The molecule has 3 heterocycles. The van der Waals surface area contributed by atoms with Gasteiger partial charge in [-0.1, -0.05) is 12.1 Å². The average Bonchev–Trinajstić information content (AvgIpc) is 2.76. The van der Waals surface area contributed by atoms with Crippen molar-refractivity contribution in [2.24, 2.45) is 7.05 Å². The number of piperidine rings is 1. The van der Waals surface area contributed by atoms with Crippen molar-refractivity contribution in [2.45, 2.75) is 18.8 Å². The Morgan fingerprint density at radius 2 is 1.90 bits per heavy atom. The maximum absolute atomic E-state index is 12.6. The van der Waals surface area contributed by atoms with Gasteiger partial charge < -0.3 is 9.80 Å². The van der Waals surface area contributed by atoms with Crippen LogP contribution in [0, 0.1) is 0 Å². The molecule has 7 nitrogen and oxygen atoms in total. The Morgan fingerprint density at radius 3 is 2.59 bits per heavy atom. The topological polar surface area (TPSA) is 67.2 Å². The normalized spacial score (nSPS) is 16.7. The monoisotopic (exact) mass is 390 g/mol. The number of rotatable bonds is 4. The Bertz CT molecular complexity index is 1030. The lowest BCUT2D eigenvalue weighted by atomic mass is 9.90. The van der Waals surface area contributed by atoms with Crippen LogP contribution in [0.5, 0.6) is 0 Å². The van der Waals surface area contributed by atoms with Crippen LogP contribution in [-0.2, 0) is 7.05 Å². The molecule has 0 radical (unpaired) electrons. The van der Waals surface area contributed by atoms with Crippen LogP contribution in [0.1, 0.15) is 24.3 Å². The zero-order valence-corrected chi connectivity index (χ0v) is 17.1. The number of benzene rings is 1. The summed E-state index contributed by atoms with van der Waals surface area (Å²) in [6.07, 6.45) is 5.34. The third-order valence-electron chi connectivity index (χ3n) is 5.54. The highest BCUT2D eigenvalue weighted by Crippen LogP contribution is 2.30. The van der Waals surface area contributed by atoms with E-state index in [1.807, 2.05) is 14.1 Å². The van der Waals surface area contributed by atoms with Crippen molar-refractivity contribution in [3.05, 3.63) is 64.8 Å². The zero-order chi connectivity index (χ0) is 20.4. The quantitative estimate of drug-likeness (QED) is 0.682. The molecule has 1 saturated heterocycles. The summed E-state index contributed by atoms with van der Waals surface area (Å²) < 4.78 is 1.63. The molecule has 1 aliphatic rings. The van der Waals surface area contributed by atoms with Crippen LogP contribution in [0.3, 0.4) is 0 Å². The van der Waals surface area contributed by atoms with Crippen LogP contribution in [0.15, 0.2) is 53.7 Å². The van der Waals surface area contributed by atoms with Gasteiger partial charge in [0.2, 0.25) is 5.95 Å². The number of aromatic nitrogens is 4. The Kier molecular flexibility index (Phi) is 5.29. The lowest BCUT2D eigenvalue weighted by Crippen LogP contribution is -2.38. The summed E-state index contributed by atoms with van der Waals surface area (Å²) >= 11 is 0. The molecule has 4 rings (SSSR count). The van der Waals surface area contributed by atoms with Crippen molar-refractivity contribution in [3.8, 4) is 11.4 Å². The van der Waals surface area contributed by atoms with Crippen molar-refractivity contribution in [3.63, 3.8) is 0 Å². The predicted octanol–water partition coefficient (Wildman–Crippen LogP) is 2.69. The summed E-state index contributed by atoms with van der Waals surface area (Å²) in [7, 11) is 5.88. The SMILES string of the molecule is CN(C)c1ccc(C2CCCN(c3nc(-c4ccncn4)cc(=O)n3C)C2)cc1. The molecule has 0 spiro atoms. The number of hydrogen-bond donors (Lipinski definition) is 0. The molecule has 7 heteroatoms. The van der Waals surface area contributed by atoms with Gasteiger partial charge in [-0.15, -0.1) is 0 Å². The Labute approximate surface area is 170 Å². The van der Waals surface area contributed by atoms with E-state index in [0.717, 1.165) is 25.9 Å². The third kappa shape index (κ3) is 3.99.